The van der Waals surface area contributed by atoms with Gasteiger partial charge in [-0.25, -0.2) is 4.79 Å². The number of nitrogen functional groups attached to an aromatic ring is 1. The predicted molar refractivity (Wildman–Crippen MR) is 138 cm³/mol. The van der Waals surface area contributed by atoms with Crippen LogP contribution in [-0.4, -0.2) is 41.1 Å². The average molecular weight is 475 g/mol. The van der Waals surface area contributed by atoms with Gasteiger partial charge in [0.25, 0.3) is 0 Å². The molecule has 0 aliphatic rings. The van der Waals surface area contributed by atoms with E-state index in [2.05, 4.69) is 20.8 Å². The van der Waals surface area contributed by atoms with Gasteiger partial charge in [0.2, 0.25) is 5.91 Å². The third-order valence-electron chi connectivity index (χ3n) is 5.16. The van der Waals surface area contributed by atoms with Crippen molar-refractivity contribution < 1.29 is 9.59 Å². The highest BCUT2D eigenvalue weighted by molar-refractivity contribution is 6.30. The summed E-state index contributed by atoms with van der Waals surface area (Å²) in [5.74, 6) is 0.245. The molecule has 8 nitrogen and oxygen atoms in total. The first-order chi connectivity index (χ1) is 16.3. The largest absolute Gasteiger partial charge is 0.382 e. The Kier molecular flexibility index (Phi) is 6.51. The fourth-order valence-corrected chi connectivity index (χ4v) is 3.65. The number of halogens is 1. The Morgan fingerprint density at radius 3 is 2.47 bits per heavy atom. The van der Waals surface area contributed by atoms with E-state index in [1.807, 2.05) is 24.3 Å². The van der Waals surface area contributed by atoms with Crippen molar-refractivity contribution in [1.29, 1.82) is 0 Å². The van der Waals surface area contributed by atoms with Crippen molar-refractivity contribution in [2.45, 2.75) is 0 Å². The molecule has 0 fully saturated rings. The number of carbonyl (C=O) groups excluding carboxylic acids is 2. The summed E-state index contributed by atoms with van der Waals surface area (Å²) in [7, 11) is 3.39. The van der Waals surface area contributed by atoms with Gasteiger partial charge in [-0.15, -0.1) is 0 Å². The maximum atomic E-state index is 12.3. The molecule has 1 heterocycles. The predicted octanol–water partition coefficient (Wildman–Crippen LogP) is 5.21. The van der Waals surface area contributed by atoms with Gasteiger partial charge in [0.15, 0.2) is 5.82 Å². The molecule has 0 unspecified atom stereocenters. The minimum Gasteiger partial charge on any atom is -0.382 e. The van der Waals surface area contributed by atoms with Crippen LogP contribution in [0, 0.1) is 0 Å². The molecule has 0 aliphatic carbocycles. The minimum absolute atomic E-state index is 0.118. The van der Waals surface area contributed by atoms with E-state index in [-0.39, 0.29) is 11.9 Å². The van der Waals surface area contributed by atoms with Gasteiger partial charge in [0, 0.05) is 42.1 Å². The molecule has 0 saturated carbocycles. The summed E-state index contributed by atoms with van der Waals surface area (Å²) in [6.07, 6.45) is 3.23. The Labute approximate surface area is 201 Å². The van der Waals surface area contributed by atoms with Crippen molar-refractivity contribution in [2.75, 3.05) is 30.5 Å². The number of anilines is 3. The zero-order valence-electron chi connectivity index (χ0n) is 18.6. The number of fused-ring (bicyclic) bond motifs is 1. The lowest BCUT2D eigenvalue weighted by atomic mass is 9.98. The molecule has 34 heavy (non-hydrogen) atoms. The van der Waals surface area contributed by atoms with E-state index in [4.69, 9.17) is 17.3 Å². The molecular weight excluding hydrogens is 452 g/mol. The monoisotopic (exact) mass is 474 g/mol. The number of aromatic amines is 1. The highest BCUT2D eigenvalue weighted by Gasteiger charge is 2.13. The van der Waals surface area contributed by atoms with E-state index in [1.54, 1.807) is 56.6 Å². The second-order valence-electron chi connectivity index (χ2n) is 7.79. The summed E-state index contributed by atoms with van der Waals surface area (Å²) in [4.78, 5) is 25.7. The number of urea groups is 1. The minimum atomic E-state index is -0.375. The van der Waals surface area contributed by atoms with Crippen LogP contribution in [0.25, 0.3) is 28.1 Å². The van der Waals surface area contributed by atoms with Crippen molar-refractivity contribution in [3.8, 4) is 11.1 Å². The lowest BCUT2D eigenvalue weighted by Gasteiger charge is -2.10. The van der Waals surface area contributed by atoms with E-state index in [0.29, 0.717) is 22.2 Å². The maximum Gasteiger partial charge on any atom is 0.323 e. The summed E-state index contributed by atoms with van der Waals surface area (Å²) < 4.78 is 0. The Bertz CT molecular complexity index is 1390. The van der Waals surface area contributed by atoms with Gasteiger partial charge in [0.05, 0.1) is 10.9 Å². The molecule has 0 spiro atoms. The molecule has 0 bridgehead atoms. The number of hydrogen-bond acceptors (Lipinski definition) is 4. The van der Waals surface area contributed by atoms with Crippen molar-refractivity contribution in [2.24, 2.45) is 0 Å². The van der Waals surface area contributed by atoms with Crippen LogP contribution in [0.15, 0.2) is 66.7 Å². The molecular formula is C25H23ClN6O2. The summed E-state index contributed by atoms with van der Waals surface area (Å²) in [5.41, 5.74) is 10.7. The highest BCUT2D eigenvalue weighted by Crippen LogP contribution is 2.34. The first-order valence-electron chi connectivity index (χ1n) is 10.4. The third kappa shape index (κ3) is 5.02. The van der Waals surface area contributed by atoms with E-state index in [9.17, 15) is 9.59 Å². The third-order valence-corrected chi connectivity index (χ3v) is 5.40. The van der Waals surface area contributed by atoms with Crippen molar-refractivity contribution >= 4 is 57.7 Å². The van der Waals surface area contributed by atoms with Crippen LogP contribution in [0.1, 0.15) is 5.56 Å². The molecule has 0 atom stereocenters. The highest BCUT2D eigenvalue weighted by atomic mass is 35.5. The van der Waals surface area contributed by atoms with Crippen LogP contribution in [0.2, 0.25) is 5.02 Å². The Morgan fingerprint density at radius 2 is 1.76 bits per heavy atom. The molecule has 4 aromatic rings. The van der Waals surface area contributed by atoms with E-state index < -0.39 is 0 Å². The number of nitrogens with two attached hydrogens (primary N) is 1. The molecule has 3 aromatic carbocycles. The number of amides is 3. The van der Waals surface area contributed by atoms with Gasteiger partial charge in [-0.05, 0) is 47.5 Å². The number of benzene rings is 3. The fourth-order valence-electron chi connectivity index (χ4n) is 3.46. The van der Waals surface area contributed by atoms with Crippen molar-refractivity contribution in [1.82, 2.24) is 15.1 Å². The summed E-state index contributed by atoms with van der Waals surface area (Å²) in [6.45, 7) is 0. The first kappa shape index (κ1) is 22.9. The number of nitrogens with zero attached hydrogens (tertiary/aromatic N) is 2. The first-order valence-corrected chi connectivity index (χ1v) is 10.8. The molecule has 0 saturated heterocycles. The standard InChI is InChI=1S/C25H23ClN6O2/c1-32(2)21(33)13-9-16-8-12-20(22-23(16)30-31-24(22)27)15-6-10-18(11-7-15)28-25(34)29-19-5-3-4-17(26)14-19/h3-14H,1-2H3,(H3,27,30,31)(H2,28,29,34). The number of hydrogen-bond donors (Lipinski definition) is 4. The SMILES string of the molecule is CN(C)C(=O)C=Cc1ccc(-c2ccc(NC(=O)Nc3cccc(Cl)c3)cc2)c2c(N)n[nH]c12. The number of nitrogens with one attached hydrogen (secondary N) is 3. The van der Waals surface area contributed by atoms with Gasteiger partial charge < -0.3 is 21.3 Å². The van der Waals surface area contributed by atoms with Crippen LogP contribution >= 0.6 is 11.6 Å². The number of carbonyl (C=O) groups is 2. The molecule has 1 aromatic heterocycles. The van der Waals surface area contributed by atoms with Gasteiger partial charge in [0.1, 0.15) is 0 Å². The second-order valence-corrected chi connectivity index (χ2v) is 8.23. The zero-order chi connectivity index (χ0) is 24.2. The molecule has 4 rings (SSSR count). The normalized spacial score (nSPS) is 11.0. The van der Waals surface area contributed by atoms with Crippen LogP contribution < -0.4 is 16.4 Å². The quantitative estimate of drug-likeness (QED) is 0.297. The number of H-pyrrole nitrogens is 1. The topological polar surface area (TPSA) is 116 Å². The van der Waals surface area contributed by atoms with E-state index in [0.717, 1.165) is 27.6 Å². The number of aromatic nitrogens is 2. The molecule has 9 heteroatoms. The molecule has 3 amide bonds. The van der Waals surface area contributed by atoms with Gasteiger partial charge in [-0.3, -0.25) is 9.89 Å². The summed E-state index contributed by atoms with van der Waals surface area (Å²) >= 11 is 5.95. The lowest BCUT2D eigenvalue weighted by molar-refractivity contribution is -0.123. The molecule has 0 aliphatic heterocycles. The molecule has 172 valence electrons. The molecule has 0 radical (unpaired) electrons. The fraction of sp³-hybridized carbons (Fsp3) is 0.0800. The van der Waals surface area contributed by atoms with Gasteiger partial charge in [-0.2, -0.15) is 5.10 Å². The molecule has 5 N–H and O–H groups in total. The summed E-state index contributed by atoms with van der Waals surface area (Å²) in [5, 5.41) is 14.0. The van der Waals surface area contributed by atoms with E-state index in [1.165, 1.54) is 11.0 Å². The van der Waals surface area contributed by atoms with Gasteiger partial charge in [-0.1, -0.05) is 41.9 Å². The second kappa shape index (κ2) is 9.68. The number of likely N-dealkylation sites (N-methyl/N-ethyl adjacent to an activating group) is 1. The van der Waals surface area contributed by atoms with Crippen molar-refractivity contribution in [3.63, 3.8) is 0 Å². The van der Waals surface area contributed by atoms with Crippen molar-refractivity contribution in [3.05, 3.63) is 77.3 Å². The maximum absolute atomic E-state index is 12.3. The van der Waals surface area contributed by atoms with Crippen LogP contribution in [0.3, 0.4) is 0 Å². The van der Waals surface area contributed by atoms with E-state index >= 15 is 0 Å². The average Bonchev–Trinajstić information content (AvgIpc) is 3.20. The Morgan fingerprint density at radius 1 is 1.03 bits per heavy atom. The number of rotatable bonds is 5. The Balaban J connectivity index is 1.55. The lowest BCUT2D eigenvalue weighted by Crippen LogP contribution is -2.19. The van der Waals surface area contributed by atoms with Crippen LogP contribution in [0.4, 0.5) is 22.0 Å². The Hall–Kier alpha value is -4.30. The van der Waals surface area contributed by atoms with Crippen LogP contribution in [0.5, 0.6) is 0 Å². The van der Waals surface area contributed by atoms with Gasteiger partial charge >= 0.3 is 6.03 Å². The van der Waals surface area contributed by atoms with Crippen LogP contribution in [-0.2, 0) is 4.79 Å². The smallest absolute Gasteiger partial charge is 0.323 e. The zero-order valence-corrected chi connectivity index (χ0v) is 19.4. The summed E-state index contributed by atoms with van der Waals surface area (Å²) in [6, 6.07) is 17.8.